The van der Waals surface area contributed by atoms with Crippen LogP contribution in [0.25, 0.3) is 33.1 Å². The summed E-state index contributed by atoms with van der Waals surface area (Å²) in [6, 6.07) is 18.7. The van der Waals surface area contributed by atoms with Gasteiger partial charge >= 0.3 is 0 Å². The Hall–Kier alpha value is -2.74. The van der Waals surface area contributed by atoms with Crippen molar-refractivity contribution in [1.29, 1.82) is 0 Å². The van der Waals surface area contributed by atoms with Crippen molar-refractivity contribution in [3.05, 3.63) is 65.7 Å². The van der Waals surface area contributed by atoms with Crippen molar-refractivity contribution in [2.75, 3.05) is 5.73 Å². The van der Waals surface area contributed by atoms with Crippen molar-refractivity contribution in [2.24, 2.45) is 0 Å². The highest BCUT2D eigenvalue weighted by molar-refractivity contribution is 6.10. The van der Waals surface area contributed by atoms with E-state index in [9.17, 15) is 0 Å². The number of hydrogen-bond donors (Lipinski definition) is 1. The molecule has 4 aromatic rings. The van der Waals surface area contributed by atoms with E-state index in [1.54, 1.807) is 0 Å². The van der Waals surface area contributed by atoms with Crippen molar-refractivity contribution < 1.29 is 4.42 Å². The Kier molecular flexibility index (Phi) is 2.73. The Morgan fingerprint density at radius 2 is 1.64 bits per heavy atom. The van der Waals surface area contributed by atoms with Crippen LogP contribution >= 0.6 is 0 Å². The van der Waals surface area contributed by atoms with E-state index in [4.69, 9.17) is 10.2 Å². The maximum atomic E-state index is 6.17. The van der Waals surface area contributed by atoms with E-state index in [1.807, 2.05) is 37.3 Å². The van der Waals surface area contributed by atoms with Crippen LogP contribution in [0.3, 0.4) is 0 Å². The summed E-state index contributed by atoms with van der Waals surface area (Å²) in [5, 5.41) is 2.21. The van der Waals surface area contributed by atoms with E-state index < -0.39 is 0 Å². The highest BCUT2D eigenvalue weighted by Crippen LogP contribution is 2.38. The Labute approximate surface area is 129 Å². The van der Waals surface area contributed by atoms with Gasteiger partial charge in [-0.1, -0.05) is 30.3 Å². The molecule has 0 saturated carbocycles. The second kappa shape index (κ2) is 4.63. The lowest BCUT2D eigenvalue weighted by atomic mass is 9.99. The maximum absolute atomic E-state index is 6.17. The molecule has 2 N–H and O–H groups in total. The highest BCUT2D eigenvalue weighted by Gasteiger charge is 2.14. The van der Waals surface area contributed by atoms with Crippen LogP contribution in [0.1, 0.15) is 11.1 Å². The van der Waals surface area contributed by atoms with Gasteiger partial charge in [0.2, 0.25) is 0 Å². The molecule has 0 amide bonds. The van der Waals surface area contributed by atoms with Crippen molar-refractivity contribution in [2.45, 2.75) is 13.8 Å². The highest BCUT2D eigenvalue weighted by atomic mass is 16.3. The topological polar surface area (TPSA) is 39.2 Å². The van der Waals surface area contributed by atoms with Crippen molar-refractivity contribution in [3.63, 3.8) is 0 Å². The minimum atomic E-state index is 0.804. The molecule has 0 aliphatic heterocycles. The summed E-state index contributed by atoms with van der Waals surface area (Å²) in [5.74, 6) is 0. The number of aryl methyl sites for hydroxylation is 2. The van der Waals surface area contributed by atoms with Crippen molar-refractivity contribution in [1.82, 2.24) is 0 Å². The summed E-state index contributed by atoms with van der Waals surface area (Å²) in [6.07, 6.45) is 0. The van der Waals surface area contributed by atoms with E-state index in [0.29, 0.717) is 0 Å². The number of nitrogens with two attached hydrogens (primary N) is 1. The van der Waals surface area contributed by atoms with Gasteiger partial charge < -0.3 is 10.2 Å². The van der Waals surface area contributed by atoms with Crippen LogP contribution in [-0.2, 0) is 0 Å². The molecular formula is C20H17NO. The third-order valence-electron chi connectivity index (χ3n) is 4.19. The molecule has 2 nitrogen and oxygen atoms in total. The standard InChI is InChI=1S/C20H17NO/c1-12-8-15(14-6-4-3-5-7-14)20-17(9-12)16-11-18(21)13(2)10-19(16)22-20/h3-11H,21H2,1-2H3. The monoisotopic (exact) mass is 287 g/mol. The van der Waals surface area contributed by atoms with Crippen LogP contribution in [0.5, 0.6) is 0 Å². The van der Waals surface area contributed by atoms with Crippen LogP contribution in [0.15, 0.2) is 59.0 Å². The first-order valence-electron chi connectivity index (χ1n) is 7.42. The Balaban J connectivity index is 2.14. The molecule has 0 saturated heterocycles. The zero-order valence-electron chi connectivity index (χ0n) is 12.7. The van der Waals surface area contributed by atoms with Crippen LogP contribution in [0, 0.1) is 13.8 Å². The minimum absolute atomic E-state index is 0.804. The zero-order chi connectivity index (χ0) is 15.3. The van der Waals surface area contributed by atoms with Gasteiger partial charge in [0.1, 0.15) is 11.2 Å². The predicted octanol–water partition coefficient (Wildman–Crippen LogP) is 5.45. The first kappa shape index (κ1) is 13.0. The molecule has 1 aromatic heterocycles. The molecule has 3 aromatic carbocycles. The number of rotatable bonds is 1. The lowest BCUT2D eigenvalue weighted by molar-refractivity contribution is 0.669. The molecule has 0 aliphatic rings. The number of hydrogen-bond acceptors (Lipinski definition) is 2. The van der Waals surface area contributed by atoms with Crippen molar-refractivity contribution >= 4 is 27.6 Å². The van der Waals surface area contributed by atoms with Gasteiger partial charge in [0.25, 0.3) is 0 Å². The second-order valence-corrected chi connectivity index (χ2v) is 5.86. The summed E-state index contributed by atoms with van der Waals surface area (Å²) in [6.45, 7) is 4.12. The Morgan fingerprint density at radius 3 is 2.41 bits per heavy atom. The zero-order valence-corrected chi connectivity index (χ0v) is 12.7. The summed E-state index contributed by atoms with van der Waals surface area (Å²) in [7, 11) is 0. The molecule has 0 fully saturated rings. The number of fused-ring (bicyclic) bond motifs is 3. The van der Waals surface area contributed by atoms with Gasteiger partial charge in [-0.15, -0.1) is 0 Å². The summed E-state index contributed by atoms with van der Waals surface area (Å²) >= 11 is 0. The number of furan rings is 1. The molecule has 4 rings (SSSR count). The fourth-order valence-corrected chi connectivity index (χ4v) is 3.02. The van der Waals surface area contributed by atoms with E-state index in [1.165, 1.54) is 11.1 Å². The Bertz CT molecular complexity index is 997. The van der Waals surface area contributed by atoms with E-state index in [2.05, 4.69) is 31.2 Å². The van der Waals surface area contributed by atoms with Gasteiger partial charge in [0.15, 0.2) is 0 Å². The van der Waals surface area contributed by atoms with Gasteiger partial charge in [0.05, 0.1) is 0 Å². The van der Waals surface area contributed by atoms with Gasteiger partial charge in [-0.25, -0.2) is 0 Å². The molecule has 0 atom stereocenters. The van der Waals surface area contributed by atoms with Gasteiger partial charge in [0, 0.05) is 22.0 Å². The second-order valence-electron chi connectivity index (χ2n) is 5.86. The normalized spacial score (nSPS) is 11.4. The van der Waals surface area contributed by atoms with Gasteiger partial charge in [-0.2, -0.15) is 0 Å². The predicted molar refractivity (Wildman–Crippen MR) is 93.0 cm³/mol. The number of nitrogen functional groups attached to an aromatic ring is 1. The van der Waals surface area contributed by atoms with Crippen LogP contribution in [0.4, 0.5) is 5.69 Å². The fraction of sp³-hybridized carbons (Fsp3) is 0.100. The Morgan fingerprint density at radius 1 is 0.864 bits per heavy atom. The average molecular weight is 287 g/mol. The summed E-state index contributed by atoms with van der Waals surface area (Å²) in [5.41, 5.74) is 13.3. The smallest absolute Gasteiger partial charge is 0.143 e. The largest absolute Gasteiger partial charge is 0.455 e. The van der Waals surface area contributed by atoms with E-state index >= 15 is 0 Å². The SMILES string of the molecule is Cc1cc(-c2ccccc2)c2oc3cc(C)c(N)cc3c2c1. The van der Waals surface area contributed by atoms with E-state index in [0.717, 1.165) is 38.8 Å². The van der Waals surface area contributed by atoms with Gasteiger partial charge in [-0.05, 0) is 54.8 Å². The first-order valence-corrected chi connectivity index (χ1v) is 7.42. The minimum Gasteiger partial charge on any atom is -0.455 e. The summed E-state index contributed by atoms with van der Waals surface area (Å²) < 4.78 is 6.17. The molecule has 0 aliphatic carbocycles. The molecule has 22 heavy (non-hydrogen) atoms. The lowest BCUT2D eigenvalue weighted by Crippen LogP contribution is -1.87. The average Bonchev–Trinajstić information content (AvgIpc) is 2.85. The molecule has 0 unspecified atom stereocenters. The quantitative estimate of drug-likeness (QED) is 0.473. The molecular weight excluding hydrogens is 270 g/mol. The molecule has 1 heterocycles. The van der Waals surface area contributed by atoms with Crippen LogP contribution in [-0.4, -0.2) is 0 Å². The lowest BCUT2D eigenvalue weighted by Gasteiger charge is -2.04. The third-order valence-corrected chi connectivity index (χ3v) is 4.19. The molecule has 0 radical (unpaired) electrons. The van der Waals surface area contributed by atoms with Crippen LogP contribution < -0.4 is 5.73 Å². The number of benzene rings is 3. The van der Waals surface area contributed by atoms with Gasteiger partial charge in [-0.3, -0.25) is 0 Å². The first-order chi connectivity index (χ1) is 10.6. The molecule has 2 heteroatoms. The fourth-order valence-electron chi connectivity index (χ4n) is 3.02. The molecule has 0 spiro atoms. The molecule has 0 bridgehead atoms. The van der Waals surface area contributed by atoms with Crippen molar-refractivity contribution in [3.8, 4) is 11.1 Å². The third kappa shape index (κ3) is 1.88. The number of anilines is 1. The van der Waals surface area contributed by atoms with E-state index in [-0.39, 0.29) is 0 Å². The molecule has 108 valence electrons. The maximum Gasteiger partial charge on any atom is 0.143 e. The summed E-state index contributed by atoms with van der Waals surface area (Å²) in [4.78, 5) is 0. The van der Waals surface area contributed by atoms with Crippen LogP contribution in [0.2, 0.25) is 0 Å².